The van der Waals surface area contributed by atoms with Gasteiger partial charge in [-0.15, -0.1) is 0 Å². The Balaban J connectivity index is 2.99. The number of aliphatic carboxylic acids is 1. The van der Waals surface area contributed by atoms with E-state index in [2.05, 4.69) is 9.97 Å². The molecule has 0 aliphatic heterocycles. The summed E-state index contributed by atoms with van der Waals surface area (Å²) in [5.74, 6) is -0.309. The largest absolute Gasteiger partial charge is 0.481 e. The van der Waals surface area contributed by atoms with Gasteiger partial charge in [-0.3, -0.25) is 4.79 Å². The second-order valence-electron chi connectivity index (χ2n) is 4.59. The monoisotopic (exact) mass is 222 g/mol. The normalized spacial score (nSPS) is 13.1. The maximum absolute atomic E-state index is 11.1. The maximum atomic E-state index is 11.1. The molecule has 0 fully saturated rings. The van der Waals surface area contributed by atoms with Gasteiger partial charge < -0.3 is 5.11 Å². The third-order valence-corrected chi connectivity index (χ3v) is 2.50. The average molecular weight is 222 g/mol. The predicted molar refractivity (Wildman–Crippen MR) is 61.3 cm³/mol. The van der Waals surface area contributed by atoms with Gasteiger partial charge in [-0.2, -0.15) is 0 Å². The first-order chi connectivity index (χ1) is 7.43. The van der Waals surface area contributed by atoms with Gasteiger partial charge in [0.15, 0.2) is 0 Å². The summed E-state index contributed by atoms with van der Waals surface area (Å²) in [6.45, 7) is 7.78. The zero-order chi connectivity index (χ0) is 12.3. The molecule has 1 rings (SSSR count). The fraction of sp³-hybridized carbons (Fsp3) is 0.583. The Kier molecular flexibility index (Phi) is 3.99. The fourth-order valence-corrected chi connectivity index (χ4v) is 1.62. The lowest BCUT2D eigenvalue weighted by Crippen LogP contribution is -2.18. The summed E-state index contributed by atoms with van der Waals surface area (Å²) in [5, 5.41) is 9.12. The highest BCUT2D eigenvalue weighted by molar-refractivity contribution is 5.76. The molecule has 1 unspecified atom stereocenters. The summed E-state index contributed by atoms with van der Waals surface area (Å²) < 4.78 is 0. The SMILES string of the molecule is CC(C)c1ncc(C(C(=O)O)C(C)C)cn1. The van der Waals surface area contributed by atoms with Gasteiger partial charge in [0, 0.05) is 23.9 Å². The van der Waals surface area contributed by atoms with E-state index in [9.17, 15) is 4.79 Å². The highest BCUT2D eigenvalue weighted by Gasteiger charge is 2.24. The molecular formula is C12H18N2O2. The van der Waals surface area contributed by atoms with Crippen LogP contribution in [-0.2, 0) is 4.79 Å². The summed E-state index contributed by atoms with van der Waals surface area (Å²) in [5.41, 5.74) is 0.673. The van der Waals surface area contributed by atoms with Crippen LogP contribution in [0.3, 0.4) is 0 Å². The van der Waals surface area contributed by atoms with Crippen LogP contribution in [0.2, 0.25) is 0 Å². The van der Waals surface area contributed by atoms with Crippen LogP contribution in [0.4, 0.5) is 0 Å². The van der Waals surface area contributed by atoms with Crippen molar-refractivity contribution in [3.63, 3.8) is 0 Å². The van der Waals surface area contributed by atoms with Gasteiger partial charge in [0.05, 0.1) is 5.92 Å². The van der Waals surface area contributed by atoms with Gasteiger partial charge >= 0.3 is 5.97 Å². The van der Waals surface area contributed by atoms with Crippen molar-refractivity contribution >= 4 is 5.97 Å². The first-order valence-electron chi connectivity index (χ1n) is 5.48. The van der Waals surface area contributed by atoms with E-state index in [0.717, 1.165) is 5.82 Å². The van der Waals surface area contributed by atoms with Crippen molar-refractivity contribution in [1.82, 2.24) is 9.97 Å². The van der Waals surface area contributed by atoms with Crippen molar-refractivity contribution in [2.24, 2.45) is 5.92 Å². The first kappa shape index (κ1) is 12.6. The molecule has 0 saturated heterocycles. The molecule has 0 bridgehead atoms. The molecule has 4 heteroatoms. The Morgan fingerprint density at radius 2 is 1.69 bits per heavy atom. The molecule has 0 saturated carbocycles. The Morgan fingerprint density at radius 1 is 1.19 bits per heavy atom. The lowest BCUT2D eigenvalue weighted by Gasteiger charge is -2.16. The molecule has 1 heterocycles. The number of carbonyl (C=O) groups is 1. The third-order valence-electron chi connectivity index (χ3n) is 2.50. The highest BCUT2D eigenvalue weighted by Crippen LogP contribution is 2.24. The van der Waals surface area contributed by atoms with Crippen molar-refractivity contribution in [3.8, 4) is 0 Å². The number of hydrogen-bond donors (Lipinski definition) is 1. The van der Waals surface area contributed by atoms with E-state index in [1.807, 2.05) is 27.7 Å². The number of hydrogen-bond acceptors (Lipinski definition) is 3. The summed E-state index contributed by atoms with van der Waals surface area (Å²) in [6, 6.07) is 0. The van der Waals surface area contributed by atoms with Gasteiger partial charge in [0.2, 0.25) is 0 Å². The van der Waals surface area contributed by atoms with Crippen molar-refractivity contribution in [2.45, 2.75) is 39.5 Å². The van der Waals surface area contributed by atoms with Crippen molar-refractivity contribution in [1.29, 1.82) is 0 Å². The van der Waals surface area contributed by atoms with E-state index in [0.29, 0.717) is 5.56 Å². The predicted octanol–water partition coefficient (Wildman–Crippen LogP) is 2.42. The number of carboxylic acids is 1. The van der Waals surface area contributed by atoms with Crippen LogP contribution in [0.1, 0.15) is 50.9 Å². The quantitative estimate of drug-likeness (QED) is 0.849. The molecule has 88 valence electrons. The zero-order valence-corrected chi connectivity index (χ0v) is 10.1. The summed E-state index contributed by atoms with van der Waals surface area (Å²) >= 11 is 0. The molecule has 16 heavy (non-hydrogen) atoms. The molecule has 0 amide bonds. The van der Waals surface area contributed by atoms with Crippen molar-refractivity contribution < 1.29 is 9.90 Å². The average Bonchev–Trinajstić information content (AvgIpc) is 2.17. The van der Waals surface area contributed by atoms with E-state index in [-0.39, 0.29) is 11.8 Å². The lowest BCUT2D eigenvalue weighted by atomic mass is 9.90. The standard InChI is InChI=1S/C12H18N2O2/c1-7(2)10(12(15)16)9-5-13-11(8(3)4)14-6-9/h5-8,10H,1-4H3,(H,15,16). The number of rotatable bonds is 4. The lowest BCUT2D eigenvalue weighted by molar-refractivity contribution is -0.139. The van der Waals surface area contributed by atoms with Gasteiger partial charge in [-0.25, -0.2) is 9.97 Å². The van der Waals surface area contributed by atoms with Crippen LogP contribution in [0.15, 0.2) is 12.4 Å². The molecule has 1 N–H and O–H groups in total. The highest BCUT2D eigenvalue weighted by atomic mass is 16.4. The second kappa shape index (κ2) is 5.05. The Labute approximate surface area is 95.7 Å². The Morgan fingerprint density at radius 3 is 2.00 bits per heavy atom. The molecule has 0 aromatic carbocycles. The topological polar surface area (TPSA) is 63.1 Å². The van der Waals surface area contributed by atoms with Crippen molar-refractivity contribution in [3.05, 3.63) is 23.8 Å². The van der Waals surface area contributed by atoms with E-state index in [1.54, 1.807) is 12.4 Å². The molecule has 0 aliphatic carbocycles. The molecule has 1 aromatic rings. The van der Waals surface area contributed by atoms with Gasteiger partial charge in [-0.05, 0) is 5.92 Å². The van der Waals surface area contributed by atoms with E-state index in [1.165, 1.54) is 0 Å². The second-order valence-corrected chi connectivity index (χ2v) is 4.59. The fourth-order valence-electron chi connectivity index (χ4n) is 1.62. The molecule has 0 spiro atoms. The molecule has 0 aliphatic rings. The third kappa shape index (κ3) is 2.78. The van der Waals surface area contributed by atoms with Crippen LogP contribution in [0, 0.1) is 5.92 Å². The Hall–Kier alpha value is -1.45. The summed E-state index contributed by atoms with van der Waals surface area (Å²) in [4.78, 5) is 19.5. The zero-order valence-electron chi connectivity index (χ0n) is 10.1. The van der Waals surface area contributed by atoms with Crippen molar-refractivity contribution in [2.75, 3.05) is 0 Å². The molecule has 1 aromatic heterocycles. The maximum Gasteiger partial charge on any atom is 0.311 e. The van der Waals surface area contributed by atoms with Gasteiger partial charge in [0.1, 0.15) is 5.82 Å². The van der Waals surface area contributed by atoms with Crippen LogP contribution >= 0.6 is 0 Å². The van der Waals surface area contributed by atoms with E-state index in [4.69, 9.17) is 5.11 Å². The molecule has 0 radical (unpaired) electrons. The number of nitrogens with zero attached hydrogens (tertiary/aromatic N) is 2. The van der Waals surface area contributed by atoms with Gasteiger partial charge in [-0.1, -0.05) is 27.7 Å². The molecule has 4 nitrogen and oxygen atoms in total. The summed E-state index contributed by atoms with van der Waals surface area (Å²) in [7, 11) is 0. The van der Waals surface area contributed by atoms with Crippen LogP contribution < -0.4 is 0 Å². The van der Waals surface area contributed by atoms with Crippen LogP contribution in [0.25, 0.3) is 0 Å². The minimum absolute atomic E-state index is 0.0333. The van der Waals surface area contributed by atoms with Gasteiger partial charge in [0.25, 0.3) is 0 Å². The molecule has 1 atom stereocenters. The summed E-state index contributed by atoms with van der Waals surface area (Å²) in [6.07, 6.45) is 3.25. The first-order valence-corrected chi connectivity index (χ1v) is 5.48. The minimum Gasteiger partial charge on any atom is -0.481 e. The Bertz CT molecular complexity index is 358. The van der Waals surface area contributed by atoms with E-state index < -0.39 is 11.9 Å². The van der Waals surface area contributed by atoms with E-state index >= 15 is 0 Å². The number of aromatic nitrogens is 2. The van der Waals surface area contributed by atoms with Crippen LogP contribution in [0.5, 0.6) is 0 Å². The minimum atomic E-state index is -0.823. The number of carboxylic acid groups (broad SMARTS) is 1. The van der Waals surface area contributed by atoms with Crippen LogP contribution in [-0.4, -0.2) is 21.0 Å². The molecular weight excluding hydrogens is 204 g/mol. The smallest absolute Gasteiger partial charge is 0.311 e.